The van der Waals surface area contributed by atoms with Crippen LogP contribution in [0.25, 0.3) is 0 Å². The third-order valence-corrected chi connectivity index (χ3v) is 16.1. The first-order valence-electron chi connectivity index (χ1n) is 15.4. The Morgan fingerprint density at radius 3 is 1.97 bits per heavy atom. The maximum atomic E-state index is 11.4. The lowest BCUT2D eigenvalue weighted by Gasteiger charge is -2.63. The van der Waals surface area contributed by atoms with Crippen LogP contribution >= 0.6 is 23.5 Å². The molecular formula is C36H48OS2. The van der Waals surface area contributed by atoms with Gasteiger partial charge in [-0.1, -0.05) is 81.1 Å². The fraction of sp³-hybridized carbons (Fsp3) is 0.611. The summed E-state index contributed by atoms with van der Waals surface area (Å²) in [5, 5.41) is 11.4. The Bertz CT molecular complexity index is 1120. The second-order valence-corrected chi connectivity index (χ2v) is 16.8. The van der Waals surface area contributed by atoms with E-state index in [0.717, 1.165) is 47.7 Å². The molecule has 210 valence electrons. The van der Waals surface area contributed by atoms with Gasteiger partial charge in [0.2, 0.25) is 0 Å². The highest BCUT2D eigenvalue weighted by molar-refractivity contribution is 8.17. The summed E-state index contributed by atoms with van der Waals surface area (Å²) in [5.41, 5.74) is 4.01. The lowest BCUT2D eigenvalue weighted by Crippen LogP contribution is -2.57. The zero-order valence-electron chi connectivity index (χ0n) is 24.3. The lowest BCUT2D eigenvalue weighted by molar-refractivity contribution is -0.137. The van der Waals surface area contributed by atoms with Crippen molar-refractivity contribution in [2.75, 3.05) is 0 Å². The van der Waals surface area contributed by atoms with Crippen LogP contribution in [0.1, 0.15) is 89.7 Å². The number of hydrogen-bond donors (Lipinski definition) is 1. The molecule has 0 spiro atoms. The van der Waals surface area contributed by atoms with Crippen molar-refractivity contribution < 1.29 is 5.11 Å². The van der Waals surface area contributed by atoms with Gasteiger partial charge in [0.05, 0.1) is 9.68 Å². The van der Waals surface area contributed by atoms with E-state index in [1.165, 1.54) is 56.1 Å². The SMILES string of the molecule is C=C(C)[C@@]1(O)CC[C@@]2(C)C(CCC3C2CC[C@@]2(C)C3CCC2(SCc2ccccc2)SCc2ccccc2)C1. The Labute approximate surface area is 246 Å². The van der Waals surface area contributed by atoms with E-state index in [1.807, 2.05) is 6.92 Å². The van der Waals surface area contributed by atoms with Crippen molar-refractivity contribution in [2.24, 2.45) is 34.5 Å². The molecule has 1 nitrogen and oxygen atoms in total. The van der Waals surface area contributed by atoms with Crippen molar-refractivity contribution in [3.8, 4) is 0 Å². The van der Waals surface area contributed by atoms with Crippen molar-refractivity contribution in [3.05, 3.63) is 83.9 Å². The summed E-state index contributed by atoms with van der Waals surface area (Å²) in [6, 6.07) is 22.3. The minimum atomic E-state index is -0.634. The van der Waals surface area contributed by atoms with Crippen molar-refractivity contribution in [1.29, 1.82) is 0 Å². The van der Waals surface area contributed by atoms with E-state index in [9.17, 15) is 5.11 Å². The van der Waals surface area contributed by atoms with Crippen molar-refractivity contribution in [2.45, 2.75) is 99.7 Å². The van der Waals surface area contributed by atoms with Gasteiger partial charge < -0.3 is 5.11 Å². The molecule has 7 atom stereocenters. The molecule has 2 aromatic rings. The van der Waals surface area contributed by atoms with Gasteiger partial charge in [-0.25, -0.2) is 0 Å². The van der Waals surface area contributed by atoms with Crippen LogP contribution in [0, 0.1) is 34.5 Å². The molecule has 0 radical (unpaired) electrons. The van der Waals surface area contributed by atoms with Gasteiger partial charge in [0.1, 0.15) is 0 Å². The van der Waals surface area contributed by atoms with E-state index in [1.54, 1.807) is 0 Å². The van der Waals surface area contributed by atoms with Crippen LogP contribution in [-0.2, 0) is 11.5 Å². The molecule has 1 N–H and O–H groups in total. The number of aliphatic hydroxyl groups is 1. The largest absolute Gasteiger partial charge is 0.386 e. The third-order valence-electron chi connectivity index (χ3n) is 12.2. The van der Waals surface area contributed by atoms with E-state index in [4.69, 9.17) is 0 Å². The van der Waals surface area contributed by atoms with Gasteiger partial charge in [-0.2, -0.15) is 0 Å². The maximum Gasteiger partial charge on any atom is 0.0854 e. The topological polar surface area (TPSA) is 20.2 Å². The summed E-state index contributed by atoms with van der Waals surface area (Å²) >= 11 is 4.55. The highest BCUT2D eigenvalue weighted by atomic mass is 32.2. The minimum absolute atomic E-state index is 0.263. The molecule has 0 saturated heterocycles. The van der Waals surface area contributed by atoms with Crippen molar-refractivity contribution >= 4 is 23.5 Å². The molecule has 4 unspecified atom stereocenters. The van der Waals surface area contributed by atoms with Crippen LogP contribution in [0.4, 0.5) is 0 Å². The summed E-state index contributed by atoms with van der Waals surface area (Å²) in [7, 11) is 0. The molecule has 0 heterocycles. The first-order valence-corrected chi connectivity index (χ1v) is 17.4. The molecule has 4 saturated carbocycles. The van der Waals surface area contributed by atoms with Gasteiger partial charge in [0, 0.05) is 11.5 Å². The van der Waals surface area contributed by atoms with Crippen LogP contribution in [0.3, 0.4) is 0 Å². The fourth-order valence-corrected chi connectivity index (χ4v) is 13.2. The van der Waals surface area contributed by atoms with Gasteiger partial charge in [0.25, 0.3) is 0 Å². The Balaban J connectivity index is 1.26. The fourth-order valence-electron chi connectivity index (χ4n) is 9.65. The zero-order valence-corrected chi connectivity index (χ0v) is 26.0. The van der Waals surface area contributed by atoms with Gasteiger partial charge in [-0.05, 0) is 116 Å². The number of rotatable bonds is 7. The lowest BCUT2D eigenvalue weighted by atomic mass is 9.44. The van der Waals surface area contributed by atoms with Crippen molar-refractivity contribution in [3.63, 3.8) is 0 Å². The number of thioether (sulfide) groups is 2. The highest BCUT2D eigenvalue weighted by Gasteiger charge is 2.65. The maximum absolute atomic E-state index is 11.4. The molecule has 39 heavy (non-hydrogen) atoms. The summed E-state index contributed by atoms with van der Waals surface area (Å²) in [6.07, 6.45) is 11.1. The smallest absolute Gasteiger partial charge is 0.0854 e. The van der Waals surface area contributed by atoms with Crippen molar-refractivity contribution in [1.82, 2.24) is 0 Å². The first kappa shape index (κ1) is 28.0. The van der Waals surface area contributed by atoms with E-state index in [-0.39, 0.29) is 4.08 Å². The normalized spacial score (nSPS) is 38.9. The highest BCUT2D eigenvalue weighted by Crippen LogP contribution is 2.73. The second kappa shape index (κ2) is 10.6. The summed E-state index contributed by atoms with van der Waals surface area (Å²) in [5.74, 6) is 5.35. The zero-order chi connectivity index (χ0) is 27.3. The Morgan fingerprint density at radius 2 is 1.38 bits per heavy atom. The molecule has 3 heteroatoms. The minimum Gasteiger partial charge on any atom is -0.386 e. The number of hydrogen-bond acceptors (Lipinski definition) is 3. The van der Waals surface area contributed by atoms with Crippen LogP contribution in [0.5, 0.6) is 0 Å². The van der Waals surface area contributed by atoms with Crippen LogP contribution in [0.15, 0.2) is 72.8 Å². The predicted molar refractivity (Wildman–Crippen MR) is 170 cm³/mol. The number of fused-ring (bicyclic) bond motifs is 5. The van der Waals surface area contributed by atoms with Gasteiger partial charge >= 0.3 is 0 Å². The molecule has 6 rings (SSSR count). The van der Waals surface area contributed by atoms with Crippen LogP contribution in [0.2, 0.25) is 0 Å². The average Bonchev–Trinajstić information content (AvgIpc) is 3.24. The first-order chi connectivity index (χ1) is 18.7. The average molecular weight is 561 g/mol. The standard InChI is InChI=1S/C36H48OS2/c1-26(2)35(37)22-21-33(3)29(23-35)15-16-30-31(33)17-19-34(4)32(30)18-20-36(34,38-24-27-11-7-5-8-12-27)39-25-28-13-9-6-10-14-28/h5-14,29-32,37H,1,15-25H2,2-4H3/t29?,30?,31?,32?,33-,34-,35+/m0/s1. The molecule has 0 aliphatic heterocycles. The summed E-state index contributed by atoms with van der Waals surface area (Å²) < 4.78 is 0.263. The van der Waals surface area contributed by atoms with Crippen LogP contribution < -0.4 is 0 Å². The van der Waals surface area contributed by atoms with E-state index >= 15 is 0 Å². The molecule has 0 bridgehead atoms. The quantitative estimate of drug-likeness (QED) is 0.269. The Kier molecular flexibility index (Phi) is 7.60. The Morgan fingerprint density at radius 1 is 0.795 bits per heavy atom. The third kappa shape index (κ3) is 4.77. The number of benzene rings is 2. The van der Waals surface area contributed by atoms with Gasteiger partial charge in [0.15, 0.2) is 0 Å². The molecule has 2 aromatic carbocycles. The molecule has 4 fully saturated rings. The van der Waals surface area contributed by atoms with Gasteiger partial charge in [-0.3, -0.25) is 0 Å². The molecule has 4 aliphatic carbocycles. The van der Waals surface area contributed by atoms with E-state index in [2.05, 4.69) is 105 Å². The second-order valence-electron chi connectivity index (χ2n) is 14.0. The predicted octanol–water partition coefficient (Wildman–Crippen LogP) is 9.90. The van der Waals surface area contributed by atoms with Crippen LogP contribution in [-0.4, -0.2) is 14.8 Å². The summed E-state index contributed by atoms with van der Waals surface area (Å²) in [6.45, 7) is 11.5. The van der Waals surface area contributed by atoms with E-state index < -0.39 is 5.60 Å². The molecule has 4 aliphatic rings. The molecule has 0 aromatic heterocycles. The van der Waals surface area contributed by atoms with Gasteiger partial charge in [-0.15, -0.1) is 23.5 Å². The summed E-state index contributed by atoms with van der Waals surface area (Å²) in [4.78, 5) is 0. The monoisotopic (exact) mass is 560 g/mol. The van der Waals surface area contributed by atoms with E-state index in [0.29, 0.717) is 16.7 Å². The molecular weight excluding hydrogens is 513 g/mol. The Hall–Kier alpha value is -1.16. The molecule has 0 amide bonds.